The van der Waals surface area contributed by atoms with Crippen LogP contribution in [0, 0.1) is 13.8 Å². The van der Waals surface area contributed by atoms with Crippen molar-refractivity contribution in [1.29, 1.82) is 0 Å². The minimum Gasteiger partial charge on any atom is -0.352 e. The summed E-state index contributed by atoms with van der Waals surface area (Å²) in [7, 11) is 0. The van der Waals surface area contributed by atoms with Crippen LogP contribution in [0.2, 0.25) is 0 Å². The van der Waals surface area contributed by atoms with E-state index in [1.807, 2.05) is 38.3 Å². The first-order valence-electron chi connectivity index (χ1n) is 6.37. The Hall–Kier alpha value is -1.69. The third-order valence-electron chi connectivity index (χ3n) is 3.11. The third kappa shape index (κ3) is 4.77. The van der Waals surface area contributed by atoms with Crippen LogP contribution in [0.5, 0.6) is 0 Å². The quantitative estimate of drug-likeness (QED) is 0.751. The van der Waals surface area contributed by atoms with E-state index in [9.17, 15) is 9.59 Å². The molecule has 4 N–H and O–H groups in total. The lowest BCUT2D eigenvalue weighted by Gasteiger charge is -2.18. The number of benzene rings is 1. The van der Waals surface area contributed by atoms with E-state index in [2.05, 4.69) is 10.6 Å². The lowest BCUT2D eigenvalue weighted by Crippen LogP contribution is -2.46. The first-order valence-corrected chi connectivity index (χ1v) is 7.77. The second kappa shape index (κ2) is 7.79. The minimum absolute atomic E-state index is 0.244. The first kappa shape index (κ1) is 16.4. The molecule has 0 radical (unpaired) electrons. The predicted molar refractivity (Wildman–Crippen MR) is 84.1 cm³/mol. The van der Waals surface area contributed by atoms with Gasteiger partial charge in [0.15, 0.2) is 0 Å². The van der Waals surface area contributed by atoms with E-state index in [-0.39, 0.29) is 5.91 Å². The van der Waals surface area contributed by atoms with Crippen molar-refractivity contribution in [3.8, 4) is 0 Å². The second-order valence-corrected chi connectivity index (χ2v) is 5.56. The Morgan fingerprint density at radius 3 is 2.65 bits per heavy atom. The first-order chi connectivity index (χ1) is 9.45. The van der Waals surface area contributed by atoms with Gasteiger partial charge in [0.2, 0.25) is 5.91 Å². The van der Waals surface area contributed by atoms with E-state index in [0.29, 0.717) is 6.42 Å². The van der Waals surface area contributed by atoms with Gasteiger partial charge in [-0.1, -0.05) is 12.1 Å². The van der Waals surface area contributed by atoms with Crippen LogP contribution in [0.3, 0.4) is 0 Å². The van der Waals surface area contributed by atoms with Gasteiger partial charge in [0.25, 0.3) is 0 Å². The third-order valence-corrected chi connectivity index (χ3v) is 3.75. The molecule has 0 aromatic heterocycles. The highest BCUT2D eigenvalue weighted by Crippen LogP contribution is 2.18. The molecule has 0 aliphatic heterocycles. The fraction of sp³-hybridized carbons (Fsp3) is 0.429. The molecule has 0 aliphatic rings. The summed E-state index contributed by atoms with van der Waals surface area (Å²) < 4.78 is 0. The summed E-state index contributed by atoms with van der Waals surface area (Å²) >= 11 is 1.61. The Kier molecular flexibility index (Phi) is 6.38. The maximum Gasteiger partial charge on any atom is 0.312 e. The molecule has 6 heteroatoms. The van der Waals surface area contributed by atoms with Crippen LogP contribution >= 0.6 is 11.8 Å². The van der Waals surface area contributed by atoms with Gasteiger partial charge in [-0.15, -0.1) is 0 Å². The molecule has 110 valence electrons. The van der Waals surface area contributed by atoms with Gasteiger partial charge in [0.1, 0.15) is 6.04 Å². The molecule has 1 aromatic carbocycles. The number of amides is 3. The van der Waals surface area contributed by atoms with Crippen LogP contribution in [0.1, 0.15) is 17.5 Å². The smallest absolute Gasteiger partial charge is 0.312 e. The van der Waals surface area contributed by atoms with Crippen molar-refractivity contribution in [2.75, 3.05) is 17.3 Å². The number of thioether (sulfide) groups is 1. The van der Waals surface area contributed by atoms with Gasteiger partial charge in [-0.05, 0) is 49.5 Å². The SMILES string of the molecule is CSCC[C@@H](NC(N)=O)C(=O)Nc1cccc(C)c1C. The highest BCUT2D eigenvalue weighted by Gasteiger charge is 2.20. The van der Waals surface area contributed by atoms with E-state index in [1.165, 1.54) is 0 Å². The number of nitrogens with two attached hydrogens (primary N) is 1. The molecule has 0 fully saturated rings. The molecule has 0 bridgehead atoms. The summed E-state index contributed by atoms with van der Waals surface area (Å²) in [4.78, 5) is 23.2. The molecule has 0 unspecified atom stereocenters. The molecular weight excluding hydrogens is 274 g/mol. The van der Waals surface area contributed by atoms with Crippen LogP contribution in [0.15, 0.2) is 18.2 Å². The number of carbonyl (C=O) groups excluding carboxylic acids is 2. The fourth-order valence-electron chi connectivity index (χ4n) is 1.78. The molecule has 3 amide bonds. The van der Waals surface area contributed by atoms with Gasteiger partial charge in [0, 0.05) is 5.69 Å². The lowest BCUT2D eigenvalue weighted by atomic mass is 10.1. The number of carbonyl (C=O) groups is 2. The van der Waals surface area contributed by atoms with Gasteiger partial charge in [-0.3, -0.25) is 4.79 Å². The predicted octanol–water partition coefficient (Wildman–Crippen LogP) is 2.03. The summed E-state index contributed by atoms with van der Waals surface area (Å²) in [5.74, 6) is 0.525. The van der Waals surface area contributed by atoms with Crippen LogP contribution in [0.25, 0.3) is 0 Å². The molecule has 20 heavy (non-hydrogen) atoms. The van der Waals surface area contributed by atoms with Gasteiger partial charge < -0.3 is 16.4 Å². The average Bonchev–Trinajstić information content (AvgIpc) is 2.39. The van der Waals surface area contributed by atoms with Crippen molar-refractivity contribution in [2.45, 2.75) is 26.3 Å². The topological polar surface area (TPSA) is 84.2 Å². The molecule has 0 spiro atoms. The Morgan fingerprint density at radius 2 is 2.05 bits per heavy atom. The van der Waals surface area contributed by atoms with Crippen LogP contribution < -0.4 is 16.4 Å². The Balaban J connectivity index is 2.79. The summed E-state index contributed by atoms with van der Waals surface area (Å²) in [6, 6.07) is 4.41. The minimum atomic E-state index is -0.688. The monoisotopic (exact) mass is 295 g/mol. The zero-order valence-corrected chi connectivity index (χ0v) is 12.8. The van der Waals surface area contributed by atoms with Gasteiger partial charge in [-0.25, -0.2) is 4.79 Å². The Morgan fingerprint density at radius 1 is 1.35 bits per heavy atom. The average molecular weight is 295 g/mol. The molecule has 1 rings (SSSR count). The van der Waals surface area contributed by atoms with E-state index in [4.69, 9.17) is 5.73 Å². The molecule has 1 aromatic rings. The molecule has 0 aliphatic carbocycles. The zero-order chi connectivity index (χ0) is 15.1. The zero-order valence-electron chi connectivity index (χ0n) is 12.0. The van der Waals surface area contributed by atoms with Crippen molar-refractivity contribution in [2.24, 2.45) is 5.73 Å². The lowest BCUT2D eigenvalue weighted by molar-refractivity contribution is -0.117. The van der Waals surface area contributed by atoms with Crippen molar-refractivity contribution in [3.05, 3.63) is 29.3 Å². The number of anilines is 1. The van der Waals surface area contributed by atoms with E-state index in [1.54, 1.807) is 11.8 Å². The van der Waals surface area contributed by atoms with Crippen molar-refractivity contribution in [3.63, 3.8) is 0 Å². The standard InChI is InChI=1S/C14H21N3O2S/c1-9-5-4-6-11(10(9)2)16-13(18)12(7-8-20-3)17-14(15)19/h4-6,12H,7-8H2,1-3H3,(H,16,18)(H3,15,17,19)/t12-/m1/s1. The van der Waals surface area contributed by atoms with Crippen molar-refractivity contribution in [1.82, 2.24) is 5.32 Å². The van der Waals surface area contributed by atoms with E-state index >= 15 is 0 Å². The molecule has 5 nitrogen and oxygen atoms in total. The summed E-state index contributed by atoms with van der Waals surface area (Å²) in [5, 5.41) is 5.33. The number of primary amides is 1. The molecule has 0 saturated carbocycles. The number of aryl methyl sites for hydroxylation is 1. The van der Waals surface area contributed by atoms with Crippen LogP contribution in [0.4, 0.5) is 10.5 Å². The maximum absolute atomic E-state index is 12.2. The molecule has 0 heterocycles. The fourth-order valence-corrected chi connectivity index (χ4v) is 2.25. The highest BCUT2D eigenvalue weighted by molar-refractivity contribution is 7.98. The molecular formula is C14H21N3O2S. The van der Waals surface area contributed by atoms with E-state index in [0.717, 1.165) is 22.6 Å². The van der Waals surface area contributed by atoms with Crippen molar-refractivity contribution < 1.29 is 9.59 Å². The molecule has 1 atom stereocenters. The van der Waals surface area contributed by atoms with Gasteiger partial charge in [-0.2, -0.15) is 11.8 Å². The number of rotatable bonds is 6. The summed E-state index contributed by atoms with van der Waals surface area (Å²) in [5.41, 5.74) is 7.99. The van der Waals surface area contributed by atoms with Gasteiger partial charge >= 0.3 is 6.03 Å². The Labute approximate surface area is 123 Å². The maximum atomic E-state index is 12.2. The van der Waals surface area contributed by atoms with Crippen LogP contribution in [-0.2, 0) is 4.79 Å². The number of hydrogen-bond donors (Lipinski definition) is 3. The summed E-state index contributed by atoms with van der Waals surface area (Å²) in [6.45, 7) is 3.93. The van der Waals surface area contributed by atoms with Crippen LogP contribution in [-0.4, -0.2) is 30.0 Å². The highest BCUT2D eigenvalue weighted by atomic mass is 32.2. The van der Waals surface area contributed by atoms with Crippen molar-refractivity contribution >= 4 is 29.4 Å². The Bertz CT molecular complexity index is 491. The normalized spacial score (nSPS) is 11.8. The van der Waals surface area contributed by atoms with Gasteiger partial charge in [0.05, 0.1) is 0 Å². The number of urea groups is 1. The second-order valence-electron chi connectivity index (χ2n) is 4.58. The number of hydrogen-bond acceptors (Lipinski definition) is 3. The number of nitrogens with one attached hydrogen (secondary N) is 2. The summed E-state index contributed by atoms with van der Waals surface area (Å²) in [6.07, 6.45) is 2.49. The molecule has 0 saturated heterocycles. The largest absolute Gasteiger partial charge is 0.352 e. The van der Waals surface area contributed by atoms with E-state index < -0.39 is 12.1 Å².